The second-order valence-electron chi connectivity index (χ2n) is 7.18. The van der Waals surface area contributed by atoms with Crippen molar-refractivity contribution < 1.29 is 18.6 Å². The average Bonchev–Trinajstić information content (AvgIpc) is 2.85. The number of nitrogens with zero attached hydrogens (tertiary/aromatic N) is 5. The summed E-state index contributed by atoms with van der Waals surface area (Å²) >= 11 is 5.84. The third kappa shape index (κ3) is 5.18. The standard InChI is InChI=1S/C23H22ClFN6O3/c1-31(21-11-22(33-3)28-13-27-21)6-7-34-20-10-18-15(9-19(20)32-2)23(29-12-26-18)30-17-5-4-14(24)8-16(17)25/h4-5,8-13H,6-7H2,1-3H3,(H,26,29,30). The minimum absolute atomic E-state index is 0.244. The molecule has 0 saturated heterocycles. The molecule has 0 saturated carbocycles. The molecule has 34 heavy (non-hydrogen) atoms. The third-order valence-corrected chi connectivity index (χ3v) is 5.25. The summed E-state index contributed by atoms with van der Waals surface area (Å²) in [6.07, 6.45) is 2.84. The summed E-state index contributed by atoms with van der Waals surface area (Å²) < 4.78 is 30.9. The van der Waals surface area contributed by atoms with Gasteiger partial charge in [-0.15, -0.1) is 0 Å². The average molecular weight is 485 g/mol. The summed E-state index contributed by atoms with van der Waals surface area (Å²) in [5, 5.41) is 3.94. The summed E-state index contributed by atoms with van der Waals surface area (Å²) in [7, 11) is 4.99. The number of ether oxygens (including phenoxy) is 3. The highest BCUT2D eigenvalue weighted by Gasteiger charge is 2.14. The van der Waals surface area contributed by atoms with Gasteiger partial charge < -0.3 is 24.4 Å². The van der Waals surface area contributed by atoms with Gasteiger partial charge in [0.1, 0.15) is 36.7 Å². The summed E-state index contributed by atoms with van der Waals surface area (Å²) in [5.41, 5.74) is 0.852. The van der Waals surface area contributed by atoms with Crippen LogP contribution in [0.1, 0.15) is 0 Å². The molecule has 2 aromatic carbocycles. The molecule has 0 aliphatic heterocycles. The first-order valence-electron chi connectivity index (χ1n) is 10.2. The van der Waals surface area contributed by atoms with Gasteiger partial charge in [0.25, 0.3) is 0 Å². The first-order valence-corrected chi connectivity index (χ1v) is 10.6. The van der Waals surface area contributed by atoms with Gasteiger partial charge in [0, 0.05) is 29.6 Å². The second-order valence-corrected chi connectivity index (χ2v) is 7.62. The van der Waals surface area contributed by atoms with Crippen LogP contribution in [0.15, 0.2) is 49.1 Å². The highest BCUT2D eigenvalue weighted by Crippen LogP contribution is 2.35. The van der Waals surface area contributed by atoms with Crippen molar-refractivity contribution in [3.8, 4) is 17.4 Å². The number of anilines is 3. The van der Waals surface area contributed by atoms with E-state index in [2.05, 4.69) is 25.3 Å². The highest BCUT2D eigenvalue weighted by molar-refractivity contribution is 6.30. The van der Waals surface area contributed by atoms with E-state index in [9.17, 15) is 4.39 Å². The van der Waals surface area contributed by atoms with Crippen LogP contribution in [-0.4, -0.2) is 54.4 Å². The Hall–Kier alpha value is -3.92. The molecule has 2 aromatic heterocycles. The Morgan fingerprint density at radius 3 is 2.56 bits per heavy atom. The third-order valence-electron chi connectivity index (χ3n) is 5.02. The van der Waals surface area contributed by atoms with Gasteiger partial charge in [-0.1, -0.05) is 11.6 Å². The first kappa shape index (κ1) is 23.2. The zero-order valence-corrected chi connectivity index (χ0v) is 19.5. The molecule has 2 heterocycles. The topological polar surface area (TPSA) is 94.5 Å². The van der Waals surface area contributed by atoms with E-state index in [4.69, 9.17) is 25.8 Å². The van der Waals surface area contributed by atoms with Gasteiger partial charge in [0.2, 0.25) is 5.88 Å². The lowest BCUT2D eigenvalue weighted by molar-refractivity contribution is 0.301. The number of benzene rings is 2. The molecule has 0 aliphatic carbocycles. The maximum absolute atomic E-state index is 14.3. The van der Waals surface area contributed by atoms with E-state index >= 15 is 0 Å². The van der Waals surface area contributed by atoms with Gasteiger partial charge >= 0.3 is 0 Å². The van der Waals surface area contributed by atoms with Crippen molar-refractivity contribution in [3.05, 3.63) is 59.9 Å². The molecular weight excluding hydrogens is 463 g/mol. The maximum Gasteiger partial charge on any atom is 0.218 e. The van der Waals surface area contributed by atoms with Gasteiger partial charge in [-0.05, 0) is 24.3 Å². The Balaban J connectivity index is 1.52. The number of methoxy groups -OCH3 is 2. The fraction of sp³-hybridized carbons (Fsp3) is 0.217. The van der Waals surface area contributed by atoms with Crippen LogP contribution in [0, 0.1) is 5.82 Å². The second kappa shape index (κ2) is 10.3. The van der Waals surface area contributed by atoms with Crippen LogP contribution in [0.2, 0.25) is 5.02 Å². The Bertz CT molecular complexity index is 1310. The van der Waals surface area contributed by atoms with Crippen LogP contribution in [0.25, 0.3) is 10.9 Å². The van der Waals surface area contributed by atoms with E-state index in [1.807, 2.05) is 11.9 Å². The number of fused-ring (bicyclic) bond motifs is 1. The Kier molecular flexibility index (Phi) is 7.07. The van der Waals surface area contributed by atoms with Crippen LogP contribution in [0.5, 0.6) is 17.4 Å². The van der Waals surface area contributed by atoms with Crippen molar-refractivity contribution in [2.24, 2.45) is 0 Å². The molecule has 9 nitrogen and oxygen atoms in total. The minimum Gasteiger partial charge on any atom is -0.493 e. The first-order chi connectivity index (χ1) is 16.5. The molecule has 0 unspecified atom stereocenters. The van der Waals surface area contributed by atoms with Gasteiger partial charge in [0.05, 0.1) is 32.0 Å². The molecule has 176 valence electrons. The Labute approximate surface area is 200 Å². The fourth-order valence-electron chi connectivity index (χ4n) is 3.21. The van der Waals surface area contributed by atoms with E-state index < -0.39 is 5.82 Å². The molecule has 0 atom stereocenters. The molecule has 0 bridgehead atoms. The number of likely N-dealkylation sites (N-methyl/N-ethyl adjacent to an activating group) is 1. The maximum atomic E-state index is 14.3. The van der Waals surface area contributed by atoms with Crippen molar-refractivity contribution in [2.45, 2.75) is 0 Å². The lowest BCUT2D eigenvalue weighted by Gasteiger charge is -2.19. The normalized spacial score (nSPS) is 10.7. The molecule has 0 radical (unpaired) electrons. The van der Waals surface area contributed by atoms with Crippen molar-refractivity contribution >= 4 is 39.8 Å². The van der Waals surface area contributed by atoms with Crippen molar-refractivity contribution in [2.75, 3.05) is 44.6 Å². The van der Waals surface area contributed by atoms with Gasteiger partial charge in [-0.2, -0.15) is 0 Å². The number of rotatable bonds is 9. The quantitative estimate of drug-likeness (QED) is 0.368. The van der Waals surface area contributed by atoms with Crippen molar-refractivity contribution in [1.29, 1.82) is 0 Å². The summed E-state index contributed by atoms with van der Waals surface area (Å²) in [4.78, 5) is 18.7. The predicted octanol–water partition coefficient (Wildman–Crippen LogP) is 4.49. The molecule has 0 aliphatic rings. The molecular formula is C23H22ClFN6O3. The number of hydrogen-bond donors (Lipinski definition) is 1. The highest BCUT2D eigenvalue weighted by atomic mass is 35.5. The summed E-state index contributed by atoms with van der Waals surface area (Å²) in [6, 6.07) is 9.62. The number of hydrogen-bond acceptors (Lipinski definition) is 9. The van der Waals surface area contributed by atoms with Crippen LogP contribution in [0.3, 0.4) is 0 Å². The number of halogens is 2. The largest absolute Gasteiger partial charge is 0.493 e. The lowest BCUT2D eigenvalue weighted by atomic mass is 10.2. The lowest BCUT2D eigenvalue weighted by Crippen LogP contribution is -2.24. The Morgan fingerprint density at radius 1 is 0.971 bits per heavy atom. The minimum atomic E-state index is -0.489. The number of nitrogens with one attached hydrogen (secondary N) is 1. The van der Waals surface area contributed by atoms with Crippen LogP contribution in [0.4, 0.5) is 21.7 Å². The van der Waals surface area contributed by atoms with Gasteiger partial charge in [-0.25, -0.2) is 24.3 Å². The van der Waals surface area contributed by atoms with Crippen molar-refractivity contribution in [1.82, 2.24) is 19.9 Å². The monoisotopic (exact) mass is 484 g/mol. The van der Waals surface area contributed by atoms with Gasteiger partial charge in [0.15, 0.2) is 11.5 Å². The van der Waals surface area contributed by atoms with Crippen LogP contribution >= 0.6 is 11.6 Å². The smallest absolute Gasteiger partial charge is 0.218 e. The zero-order valence-electron chi connectivity index (χ0n) is 18.7. The molecule has 0 amide bonds. The summed E-state index contributed by atoms with van der Waals surface area (Å²) in [5.74, 6) is 2.14. The molecule has 11 heteroatoms. The van der Waals surface area contributed by atoms with Gasteiger partial charge in [-0.3, -0.25) is 0 Å². The molecule has 0 fully saturated rings. The van der Waals surface area contributed by atoms with E-state index in [-0.39, 0.29) is 5.69 Å². The summed E-state index contributed by atoms with van der Waals surface area (Å²) in [6.45, 7) is 0.907. The Morgan fingerprint density at radius 2 is 1.79 bits per heavy atom. The van der Waals surface area contributed by atoms with E-state index in [0.717, 1.165) is 0 Å². The van der Waals surface area contributed by atoms with E-state index in [1.54, 1.807) is 44.6 Å². The zero-order chi connectivity index (χ0) is 24.1. The predicted molar refractivity (Wildman–Crippen MR) is 128 cm³/mol. The van der Waals surface area contributed by atoms with Crippen LogP contribution < -0.4 is 24.4 Å². The molecule has 4 aromatic rings. The molecule has 0 spiro atoms. The van der Waals surface area contributed by atoms with Crippen LogP contribution in [-0.2, 0) is 0 Å². The molecule has 4 rings (SSSR count). The van der Waals surface area contributed by atoms with Crippen molar-refractivity contribution in [3.63, 3.8) is 0 Å². The SMILES string of the molecule is COc1cc(N(C)CCOc2cc3ncnc(Nc4ccc(Cl)cc4F)c3cc2OC)ncn1. The number of aromatic nitrogens is 4. The van der Waals surface area contributed by atoms with E-state index in [1.165, 1.54) is 18.7 Å². The molecule has 1 N–H and O–H groups in total. The van der Waals surface area contributed by atoms with E-state index in [0.29, 0.717) is 58.1 Å². The fourth-order valence-corrected chi connectivity index (χ4v) is 3.37.